The maximum absolute atomic E-state index is 9.12. The summed E-state index contributed by atoms with van der Waals surface area (Å²) in [7, 11) is 0. The molecule has 0 aliphatic carbocycles. The monoisotopic (exact) mass is 380 g/mol. The Morgan fingerprint density at radius 1 is 0.846 bits per heavy atom. The Balaban J connectivity index is 0. The van der Waals surface area contributed by atoms with Gasteiger partial charge in [-0.25, -0.2) is 0 Å². The zero-order chi connectivity index (χ0) is 20.6. The fraction of sp³-hybridized carbons (Fsp3) is 1.00. The Hall–Kier alpha value is -0.240. The Morgan fingerprint density at radius 2 is 1.23 bits per heavy atom. The van der Waals surface area contributed by atoms with Crippen molar-refractivity contribution in [1.29, 1.82) is 0 Å². The third-order valence-corrected chi connectivity index (χ3v) is 4.14. The van der Waals surface area contributed by atoms with Crippen LogP contribution in [0.25, 0.3) is 0 Å². The van der Waals surface area contributed by atoms with Gasteiger partial charge in [0.05, 0.1) is 46.2 Å². The highest BCUT2D eigenvalue weighted by Crippen LogP contribution is 2.31. The summed E-state index contributed by atoms with van der Waals surface area (Å²) in [5, 5.41) is 27.0. The summed E-state index contributed by atoms with van der Waals surface area (Å²) in [6.45, 7) is 18.6. The number of hydrogen-bond donors (Lipinski definition) is 3. The van der Waals surface area contributed by atoms with Crippen LogP contribution in [0, 0.1) is 21.7 Å². The smallest absolute Gasteiger partial charge is 0.164 e. The molecule has 1 aliphatic heterocycles. The molecule has 1 saturated heterocycles. The van der Waals surface area contributed by atoms with Crippen molar-refractivity contribution in [3.05, 3.63) is 0 Å². The van der Waals surface area contributed by atoms with Crippen LogP contribution in [0.2, 0.25) is 0 Å². The molecular formula is C20H44O6. The average Bonchev–Trinajstić information content (AvgIpc) is 2.54. The molecule has 160 valence electrons. The van der Waals surface area contributed by atoms with Crippen LogP contribution in [0.4, 0.5) is 0 Å². The molecule has 6 heteroatoms. The molecule has 0 aromatic carbocycles. The SMILES string of the molecule is CC(C)(CO)COCC(C)(C)CO.CC1(C)COC(C(C)(C)CO)OC1.[HH]. The topological polar surface area (TPSA) is 88.4 Å². The molecule has 0 unspecified atom stereocenters. The molecule has 1 aliphatic rings. The summed E-state index contributed by atoms with van der Waals surface area (Å²) < 4.78 is 16.6. The highest BCUT2D eigenvalue weighted by molar-refractivity contribution is 4.78. The highest BCUT2D eigenvalue weighted by atomic mass is 16.7. The van der Waals surface area contributed by atoms with Crippen molar-refractivity contribution in [2.45, 2.75) is 61.7 Å². The lowest BCUT2D eigenvalue weighted by atomic mass is 9.90. The van der Waals surface area contributed by atoms with Crippen molar-refractivity contribution in [2.75, 3.05) is 46.2 Å². The molecule has 0 aromatic heterocycles. The molecule has 1 heterocycles. The number of aliphatic hydroxyl groups excluding tert-OH is 3. The number of hydrogen-bond acceptors (Lipinski definition) is 6. The van der Waals surface area contributed by atoms with Gasteiger partial charge in [-0.05, 0) is 0 Å². The molecule has 0 aromatic rings. The van der Waals surface area contributed by atoms with Gasteiger partial charge in [-0.2, -0.15) is 0 Å². The Labute approximate surface area is 161 Å². The van der Waals surface area contributed by atoms with Gasteiger partial charge in [-0.1, -0.05) is 55.4 Å². The lowest BCUT2D eigenvalue weighted by molar-refractivity contribution is -0.267. The van der Waals surface area contributed by atoms with Crippen LogP contribution in [-0.2, 0) is 14.2 Å². The van der Waals surface area contributed by atoms with Crippen molar-refractivity contribution >= 4 is 0 Å². The fourth-order valence-corrected chi connectivity index (χ4v) is 1.91. The number of aliphatic hydroxyl groups is 3. The lowest BCUT2D eigenvalue weighted by Crippen LogP contribution is -2.46. The van der Waals surface area contributed by atoms with Crippen LogP contribution >= 0.6 is 0 Å². The first-order chi connectivity index (χ1) is 11.7. The molecular weight excluding hydrogens is 336 g/mol. The standard InChI is InChI=1S/C10H20O3.C10H22O3.H2/c1-9(2)6-12-8(13-7-9)10(3,4)5-11;1-9(2,5-11)7-13-8-10(3,4)6-12;/h8,11H,5-7H2,1-4H3;11-12H,5-8H2,1-4H3;1H. The Bertz CT molecular complexity index is 359. The van der Waals surface area contributed by atoms with Gasteiger partial charge in [0.2, 0.25) is 0 Å². The van der Waals surface area contributed by atoms with Gasteiger partial charge in [-0.15, -0.1) is 0 Å². The Morgan fingerprint density at radius 3 is 1.54 bits per heavy atom. The van der Waals surface area contributed by atoms with E-state index in [9.17, 15) is 0 Å². The van der Waals surface area contributed by atoms with E-state index in [1.54, 1.807) is 0 Å². The molecule has 0 bridgehead atoms. The van der Waals surface area contributed by atoms with E-state index in [-0.39, 0.29) is 49.2 Å². The minimum Gasteiger partial charge on any atom is -0.396 e. The normalized spacial score (nSPS) is 19.0. The summed E-state index contributed by atoms with van der Waals surface area (Å²) in [6, 6.07) is 0. The van der Waals surface area contributed by atoms with Gasteiger partial charge in [-0.3, -0.25) is 0 Å². The third-order valence-electron chi connectivity index (χ3n) is 4.14. The largest absolute Gasteiger partial charge is 0.396 e. The average molecular weight is 381 g/mol. The maximum Gasteiger partial charge on any atom is 0.164 e. The molecule has 0 spiro atoms. The first-order valence-electron chi connectivity index (χ1n) is 9.34. The molecule has 0 radical (unpaired) electrons. The zero-order valence-electron chi connectivity index (χ0n) is 18.1. The van der Waals surface area contributed by atoms with Crippen molar-refractivity contribution in [2.24, 2.45) is 21.7 Å². The summed E-state index contributed by atoms with van der Waals surface area (Å²) in [4.78, 5) is 0. The van der Waals surface area contributed by atoms with E-state index in [2.05, 4.69) is 13.8 Å². The van der Waals surface area contributed by atoms with E-state index < -0.39 is 0 Å². The second-order valence-electron chi connectivity index (χ2n) is 10.4. The van der Waals surface area contributed by atoms with Crippen LogP contribution < -0.4 is 0 Å². The van der Waals surface area contributed by atoms with Crippen LogP contribution in [0.5, 0.6) is 0 Å². The number of rotatable bonds is 8. The van der Waals surface area contributed by atoms with E-state index in [0.717, 1.165) is 0 Å². The number of ether oxygens (including phenoxy) is 3. The predicted molar refractivity (Wildman–Crippen MR) is 105 cm³/mol. The van der Waals surface area contributed by atoms with E-state index in [1.807, 2.05) is 41.5 Å². The van der Waals surface area contributed by atoms with Crippen LogP contribution in [0.15, 0.2) is 0 Å². The quantitative estimate of drug-likeness (QED) is 0.600. The van der Waals surface area contributed by atoms with Gasteiger partial charge in [0, 0.05) is 23.1 Å². The van der Waals surface area contributed by atoms with Crippen molar-refractivity contribution in [3.63, 3.8) is 0 Å². The fourth-order valence-electron chi connectivity index (χ4n) is 1.91. The minimum atomic E-state index is -0.309. The van der Waals surface area contributed by atoms with Crippen molar-refractivity contribution in [1.82, 2.24) is 0 Å². The Kier molecular flexibility index (Phi) is 10.2. The molecule has 0 amide bonds. The van der Waals surface area contributed by atoms with Gasteiger partial charge < -0.3 is 29.5 Å². The van der Waals surface area contributed by atoms with Gasteiger partial charge >= 0.3 is 0 Å². The molecule has 1 fully saturated rings. The molecule has 0 atom stereocenters. The molecule has 26 heavy (non-hydrogen) atoms. The minimum absolute atomic E-state index is 0. The first-order valence-corrected chi connectivity index (χ1v) is 9.34. The summed E-state index contributed by atoms with van der Waals surface area (Å²) in [5.74, 6) is 0. The molecule has 3 N–H and O–H groups in total. The van der Waals surface area contributed by atoms with Gasteiger partial charge in [0.1, 0.15) is 0 Å². The highest BCUT2D eigenvalue weighted by Gasteiger charge is 2.37. The van der Waals surface area contributed by atoms with Crippen LogP contribution in [0.3, 0.4) is 0 Å². The van der Waals surface area contributed by atoms with E-state index >= 15 is 0 Å². The third kappa shape index (κ3) is 10.2. The van der Waals surface area contributed by atoms with Crippen molar-refractivity contribution in [3.8, 4) is 0 Å². The summed E-state index contributed by atoms with van der Waals surface area (Å²) >= 11 is 0. The summed E-state index contributed by atoms with van der Waals surface area (Å²) in [6.07, 6.45) is -0.273. The van der Waals surface area contributed by atoms with Crippen molar-refractivity contribution < 1.29 is 31.0 Å². The molecule has 6 nitrogen and oxygen atoms in total. The van der Waals surface area contributed by atoms with Crippen LogP contribution in [-0.4, -0.2) is 67.9 Å². The molecule has 0 saturated carbocycles. The van der Waals surface area contributed by atoms with Gasteiger partial charge in [0.15, 0.2) is 6.29 Å². The van der Waals surface area contributed by atoms with E-state index in [0.29, 0.717) is 26.4 Å². The zero-order valence-corrected chi connectivity index (χ0v) is 18.1. The summed E-state index contributed by atoms with van der Waals surface area (Å²) in [5.41, 5.74) is -0.588. The molecule has 1 rings (SSSR count). The van der Waals surface area contributed by atoms with E-state index in [4.69, 9.17) is 29.5 Å². The first kappa shape index (κ1) is 25.8. The lowest BCUT2D eigenvalue weighted by Gasteiger charge is -2.40. The second-order valence-corrected chi connectivity index (χ2v) is 10.4. The maximum atomic E-state index is 9.12. The van der Waals surface area contributed by atoms with Gasteiger partial charge in [0.25, 0.3) is 0 Å². The predicted octanol–water partition coefficient (Wildman–Crippen LogP) is 2.69. The van der Waals surface area contributed by atoms with E-state index in [1.165, 1.54) is 0 Å². The second kappa shape index (κ2) is 10.3. The van der Waals surface area contributed by atoms with Crippen LogP contribution in [0.1, 0.15) is 56.8 Å².